The molecule has 5 nitrogen and oxygen atoms in total. The Balaban J connectivity index is 2.17. The Morgan fingerprint density at radius 1 is 1.10 bits per heavy atom. The molecule has 0 aliphatic rings. The van der Waals surface area contributed by atoms with E-state index in [2.05, 4.69) is 5.43 Å². The molecule has 0 aliphatic heterocycles. The van der Waals surface area contributed by atoms with Crippen LogP contribution < -0.4 is 20.7 Å². The molecule has 2 rings (SSSR count). The molecule has 1 atom stereocenters. The largest absolute Gasteiger partial charge is 0.494 e. The van der Waals surface area contributed by atoms with Crippen LogP contribution >= 0.6 is 0 Å². The van der Waals surface area contributed by atoms with Crippen LogP contribution in [0.15, 0.2) is 54.6 Å². The van der Waals surface area contributed by atoms with Gasteiger partial charge in [-0.1, -0.05) is 30.3 Å². The second kappa shape index (κ2) is 7.31. The minimum absolute atomic E-state index is 0.407. The Bertz CT molecular complexity index is 570. The van der Waals surface area contributed by atoms with Crippen LogP contribution in [0.25, 0.3) is 0 Å². The monoisotopic (exact) mass is 286 g/mol. The van der Waals surface area contributed by atoms with E-state index in [0.29, 0.717) is 12.4 Å². The average molecular weight is 286 g/mol. The molecule has 110 valence electrons. The number of nitrogens with one attached hydrogen (secondary N) is 1. The highest BCUT2D eigenvalue weighted by Crippen LogP contribution is 2.24. The predicted molar refractivity (Wildman–Crippen MR) is 79.8 cm³/mol. The number of carbonyl (C=O) groups is 1. The van der Waals surface area contributed by atoms with E-state index in [1.165, 1.54) is 0 Å². The first kappa shape index (κ1) is 14.9. The van der Waals surface area contributed by atoms with Gasteiger partial charge in [0.1, 0.15) is 11.5 Å². The van der Waals surface area contributed by atoms with E-state index in [1.54, 1.807) is 24.3 Å². The summed E-state index contributed by atoms with van der Waals surface area (Å²) in [7, 11) is 0. The molecule has 1 amide bonds. The third kappa shape index (κ3) is 3.97. The van der Waals surface area contributed by atoms with Crippen LogP contribution in [0.4, 0.5) is 0 Å². The Morgan fingerprint density at radius 2 is 1.71 bits per heavy atom. The lowest BCUT2D eigenvalue weighted by Crippen LogP contribution is -2.37. The van der Waals surface area contributed by atoms with Gasteiger partial charge in [-0.25, -0.2) is 5.84 Å². The number of hydrogen-bond donors (Lipinski definition) is 2. The Hall–Kier alpha value is -2.53. The van der Waals surface area contributed by atoms with Crippen molar-refractivity contribution in [3.8, 4) is 11.5 Å². The normalized spacial score (nSPS) is 11.5. The maximum Gasteiger partial charge on any atom is 0.279 e. The molecule has 0 saturated carbocycles. The fourth-order valence-corrected chi connectivity index (χ4v) is 1.89. The molecule has 0 spiro atoms. The molecule has 3 N–H and O–H groups in total. The summed E-state index contributed by atoms with van der Waals surface area (Å²) in [6.07, 6.45) is -0.797. The second-order valence-electron chi connectivity index (χ2n) is 4.32. The summed E-state index contributed by atoms with van der Waals surface area (Å²) in [4.78, 5) is 11.9. The van der Waals surface area contributed by atoms with Crippen molar-refractivity contribution < 1.29 is 14.3 Å². The Kier molecular flexibility index (Phi) is 5.17. The highest BCUT2D eigenvalue weighted by molar-refractivity contribution is 5.82. The van der Waals surface area contributed by atoms with Crippen LogP contribution in [0.2, 0.25) is 0 Å². The average Bonchev–Trinajstić information content (AvgIpc) is 2.54. The summed E-state index contributed by atoms with van der Waals surface area (Å²) in [6.45, 7) is 2.52. The topological polar surface area (TPSA) is 73.6 Å². The Labute approximate surface area is 123 Å². The summed E-state index contributed by atoms with van der Waals surface area (Å²) in [5.74, 6) is 6.14. The zero-order chi connectivity index (χ0) is 15.1. The fourth-order valence-electron chi connectivity index (χ4n) is 1.89. The zero-order valence-corrected chi connectivity index (χ0v) is 11.8. The molecule has 0 aliphatic carbocycles. The van der Waals surface area contributed by atoms with Crippen LogP contribution in [0, 0.1) is 0 Å². The highest BCUT2D eigenvalue weighted by Gasteiger charge is 2.21. The number of carbonyl (C=O) groups excluding carboxylic acids is 1. The van der Waals surface area contributed by atoms with Crippen LogP contribution in [-0.4, -0.2) is 12.5 Å². The van der Waals surface area contributed by atoms with Crippen LogP contribution in [0.3, 0.4) is 0 Å². The number of nitrogens with two attached hydrogens (primary N) is 1. The SMILES string of the molecule is CCOc1ccc(OC(C(=O)NN)c2ccccc2)cc1. The van der Waals surface area contributed by atoms with Crippen molar-refractivity contribution in [2.24, 2.45) is 5.84 Å². The number of rotatable bonds is 6. The molecule has 5 heteroatoms. The molecule has 1 unspecified atom stereocenters. The molecular formula is C16H18N2O3. The van der Waals surface area contributed by atoms with Gasteiger partial charge in [0.2, 0.25) is 6.10 Å². The predicted octanol–water partition coefficient (Wildman–Crippen LogP) is 2.20. The third-order valence-corrected chi connectivity index (χ3v) is 2.87. The van der Waals surface area contributed by atoms with Crippen LogP contribution in [-0.2, 0) is 4.79 Å². The summed E-state index contributed by atoms with van der Waals surface area (Å²) in [5, 5.41) is 0. The Morgan fingerprint density at radius 3 is 2.29 bits per heavy atom. The number of hydrazine groups is 1. The van der Waals surface area contributed by atoms with E-state index in [-0.39, 0.29) is 0 Å². The van der Waals surface area contributed by atoms with Crippen LogP contribution in [0.1, 0.15) is 18.6 Å². The maximum atomic E-state index is 11.9. The molecule has 2 aromatic carbocycles. The van der Waals surface area contributed by atoms with Crippen molar-refractivity contribution >= 4 is 5.91 Å². The first-order valence-electron chi connectivity index (χ1n) is 6.69. The molecule has 2 aromatic rings. The van der Waals surface area contributed by atoms with Gasteiger partial charge in [0.25, 0.3) is 5.91 Å². The number of hydrogen-bond acceptors (Lipinski definition) is 4. The van der Waals surface area contributed by atoms with Gasteiger partial charge in [0, 0.05) is 5.56 Å². The fraction of sp³-hybridized carbons (Fsp3) is 0.188. The van der Waals surface area contributed by atoms with E-state index < -0.39 is 12.0 Å². The number of ether oxygens (including phenoxy) is 2. The molecular weight excluding hydrogens is 268 g/mol. The van der Waals surface area contributed by atoms with Gasteiger partial charge >= 0.3 is 0 Å². The first-order chi connectivity index (χ1) is 10.2. The molecule has 0 aromatic heterocycles. The summed E-state index contributed by atoms with van der Waals surface area (Å²) >= 11 is 0. The quantitative estimate of drug-likeness (QED) is 0.485. The second-order valence-corrected chi connectivity index (χ2v) is 4.32. The number of amides is 1. The molecule has 0 fully saturated rings. The van der Waals surface area contributed by atoms with Gasteiger partial charge in [-0.2, -0.15) is 0 Å². The number of benzene rings is 2. The van der Waals surface area contributed by atoms with Crippen molar-refractivity contribution in [1.29, 1.82) is 0 Å². The molecule has 21 heavy (non-hydrogen) atoms. The lowest BCUT2D eigenvalue weighted by Gasteiger charge is -2.18. The lowest BCUT2D eigenvalue weighted by molar-refractivity contribution is -0.128. The lowest BCUT2D eigenvalue weighted by atomic mass is 10.1. The van der Waals surface area contributed by atoms with E-state index >= 15 is 0 Å². The minimum atomic E-state index is -0.797. The van der Waals surface area contributed by atoms with Crippen molar-refractivity contribution in [3.05, 3.63) is 60.2 Å². The third-order valence-electron chi connectivity index (χ3n) is 2.87. The summed E-state index contributed by atoms with van der Waals surface area (Å²) < 4.78 is 11.1. The summed E-state index contributed by atoms with van der Waals surface area (Å²) in [6, 6.07) is 16.3. The summed E-state index contributed by atoms with van der Waals surface area (Å²) in [5.41, 5.74) is 2.86. The van der Waals surface area contributed by atoms with Gasteiger partial charge < -0.3 is 9.47 Å². The van der Waals surface area contributed by atoms with Crippen LogP contribution in [0.5, 0.6) is 11.5 Å². The van der Waals surface area contributed by atoms with Crippen molar-refractivity contribution in [1.82, 2.24) is 5.43 Å². The zero-order valence-electron chi connectivity index (χ0n) is 11.8. The van der Waals surface area contributed by atoms with Crippen molar-refractivity contribution in [2.75, 3.05) is 6.61 Å². The van der Waals surface area contributed by atoms with Gasteiger partial charge in [0.15, 0.2) is 0 Å². The molecule has 0 saturated heterocycles. The maximum absolute atomic E-state index is 11.9. The van der Waals surface area contributed by atoms with Gasteiger partial charge in [0.05, 0.1) is 6.61 Å². The van der Waals surface area contributed by atoms with E-state index in [9.17, 15) is 4.79 Å². The van der Waals surface area contributed by atoms with Crippen molar-refractivity contribution in [3.63, 3.8) is 0 Å². The van der Waals surface area contributed by atoms with Gasteiger partial charge in [-0.05, 0) is 31.2 Å². The van der Waals surface area contributed by atoms with E-state index in [0.717, 1.165) is 11.3 Å². The van der Waals surface area contributed by atoms with Crippen molar-refractivity contribution in [2.45, 2.75) is 13.0 Å². The van der Waals surface area contributed by atoms with E-state index in [4.69, 9.17) is 15.3 Å². The highest BCUT2D eigenvalue weighted by atomic mass is 16.5. The van der Waals surface area contributed by atoms with Gasteiger partial charge in [-0.3, -0.25) is 10.2 Å². The van der Waals surface area contributed by atoms with E-state index in [1.807, 2.05) is 37.3 Å². The minimum Gasteiger partial charge on any atom is -0.494 e. The van der Waals surface area contributed by atoms with Gasteiger partial charge in [-0.15, -0.1) is 0 Å². The molecule has 0 heterocycles. The standard InChI is InChI=1S/C16H18N2O3/c1-2-20-13-8-10-14(11-9-13)21-15(16(19)18-17)12-6-4-3-5-7-12/h3-11,15H,2,17H2,1H3,(H,18,19). The molecule has 0 radical (unpaired) electrons. The molecule has 0 bridgehead atoms. The first-order valence-corrected chi connectivity index (χ1v) is 6.69. The smallest absolute Gasteiger partial charge is 0.279 e.